The topological polar surface area (TPSA) is 73.7 Å². The van der Waals surface area contributed by atoms with E-state index in [-0.39, 0.29) is 5.75 Å². The van der Waals surface area contributed by atoms with Gasteiger partial charge in [0.25, 0.3) is 5.88 Å². The third kappa shape index (κ3) is 2.43. The number of hydrogen-bond acceptors (Lipinski definition) is 6. The van der Waals surface area contributed by atoms with Gasteiger partial charge in [-0.15, -0.1) is 0 Å². The van der Waals surface area contributed by atoms with E-state index in [0.29, 0.717) is 35.9 Å². The van der Waals surface area contributed by atoms with Crippen LogP contribution in [0.4, 0.5) is 0 Å². The Labute approximate surface area is 104 Å². The molecule has 2 aromatic rings. The van der Waals surface area contributed by atoms with Crippen LogP contribution in [0.5, 0.6) is 17.4 Å². The van der Waals surface area contributed by atoms with Crippen LogP contribution in [0.3, 0.4) is 0 Å². The summed E-state index contributed by atoms with van der Waals surface area (Å²) in [6.07, 6.45) is 1.50. The number of pyridine rings is 2. The van der Waals surface area contributed by atoms with Crippen LogP contribution in [-0.2, 0) is 4.74 Å². The minimum atomic E-state index is 0.0549. The normalized spacial score (nSPS) is 10.6. The highest BCUT2D eigenvalue weighted by atomic mass is 16.5. The molecule has 0 aromatic carbocycles. The number of hydrogen-bond donors (Lipinski definition) is 1. The van der Waals surface area contributed by atoms with Gasteiger partial charge in [0, 0.05) is 25.4 Å². The van der Waals surface area contributed by atoms with E-state index in [2.05, 4.69) is 9.97 Å². The van der Waals surface area contributed by atoms with Crippen molar-refractivity contribution in [1.82, 2.24) is 9.97 Å². The van der Waals surface area contributed by atoms with Crippen molar-refractivity contribution in [1.29, 1.82) is 0 Å². The fourth-order valence-electron chi connectivity index (χ4n) is 1.49. The molecule has 6 heteroatoms. The summed E-state index contributed by atoms with van der Waals surface area (Å²) < 4.78 is 15.5. The molecule has 0 bridgehead atoms. The molecule has 2 aromatic heterocycles. The molecule has 18 heavy (non-hydrogen) atoms. The maximum absolute atomic E-state index is 9.71. The van der Waals surface area contributed by atoms with Crippen LogP contribution in [0.25, 0.3) is 11.0 Å². The van der Waals surface area contributed by atoms with Gasteiger partial charge in [-0.1, -0.05) is 0 Å². The van der Waals surface area contributed by atoms with Crippen LogP contribution < -0.4 is 9.47 Å². The summed E-state index contributed by atoms with van der Waals surface area (Å²) >= 11 is 0. The monoisotopic (exact) mass is 250 g/mol. The lowest BCUT2D eigenvalue weighted by molar-refractivity contribution is 0.141. The Bertz CT molecular complexity index is 545. The quantitative estimate of drug-likeness (QED) is 0.808. The predicted octanol–water partition coefficient (Wildman–Crippen LogP) is 1.37. The first-order valence-corrected chi connectivity index (χ1v) is 5.40. The third-order valence-corrected chi connectivity index (χ3v) is 2.37. The standard InChI is InChI=1S/C12H14N2O4/c1-16-5-6-18-12-10(17-2)7-8-11(14-12)9(15)3-4-13-8/h3-4,7H,5-6H2,1-2H3,(H,13,15). The molecule has 0 spiro atoms. The molecule has 0 radical (unpaired) electrons. The van der Waals surface area contributed by atoms with Crippen molar-refractivity contribution in [3.8, 4) is 17.4 Å². The Morgan fingerprint density at radius 2 is 2.11 bits per heavy atom. The fraction of sp³-hybridized carbons (Fsp3) is 0.333. The Hall–Kier alpha value is -2.08. The first kappa shape index (κ1) is 12.4. The third-order valence-electron chi connectivity index (χ3n) is 2.37. The second-order valence-electron chi connectivity index (χ2n) is 3.53. The van der Waals surface area contributed by atoms with Crippen LogP contribution in [-0.4, -0.2) is 42.5 Å². The highest BCUT2D eigenvalue weighted by Crippen LogP contribution is 2.31. The van der Waals surface area contributed by atoms with E-state index in [4.69, 9.17) is 14.2 Å². The van der Waals surface area contributed by atoms with Gasteiger partial charge < -0.3 is 19.3 Å². The Morgan fingerprint density at radius 3 is 2.83 bits per heavy atom. The molecular weight excluding hydrogens is 236 g/mol. The van der Waals surface area contributed by atoms with E-state index in [1.807, 2.05) is 0 Å². The van der Waals surface area contributed by atoms with Crippen LogP contribution in [0.1, 0.15) is 0 Å². The van der Waals surface area contributed by atoms with Gasteiger partial charge in [0.05, 0.1) is 19.2 Å². The van der Waals surface area contributed by atoms with Crippen LogP contribution in [0.15, 0.2) is 18.3 Å². The summed E-state index contributed by atoms with van der Waals surface area (Å²) in [6.45, 7) is 0.800. The maximum Gasteiger partial charge on any atom is 0.257 e. The molecule has 96 valence electrons. The van der Waals surface area contributed by atoms with Crippen molar-refractivity contribution in [2.24, 2.45) is 0 Å². The molecule has 6 nitrogen and oxygen atoms in total. The summed E-state index contributed by atoms with van der Waals surface area (Å²) in [7, 11) is 3.11. The molecule has 2 heterocycles. The molecule has 0 saturated heterocycles. The van der Waals surface area contributed by atoms with Crippen molar-refractivity contribution < 1.29 is 19.3 Å². The van der Waals surface area contributed by atoms with Gasteiger partial charge in [0.2, 0.25) is 0 Å². The number of fused-ring (bicyclic) bond motifs is 1. The second-order valence-corrected chi connectivity index (χ2v) is 3.53. The van der Waals surface area contributed by atoms with Crippen LogP contribution >= 0.6 is 0 Å². The van der Waals surface area contributed by atoms with Crippen molar-refractivity contribution >= 4 is 11.0 Å². The summed E-state index contributed by atoms with van der Waals surface area (Å²) in [5.74, 6) is 0.835. The molecule has 0 aliphatic rings. The Balaban J connectivity index is 2.40. The summed E-state index contributed by atoms with van der Waals surface area (Å²) in [5.41, 5.74) is 0.927. The first-order chi connectivity index (χ1) is 8.76. The molecule has 0 amide bonds. The average Bonchev–Trinajstić information content (AvgIpc) is 2.39. The fourth-order valence-corrected chi connectivity index (χ4v) is 1.49. The van der Waals surface area contributed by atoms with Gasteiger partial charge in [-0.05, 0) is 0 Å². The van der Waals surface area contributed by atoms with E-state index >= 15 is 0 Å². The van der Waals surface area contributed by atoms with E-state index < -0.39 is 0 Å². The zero-order chi connectivity index (χ0) is 13.0. The van der Waals surface area contributed by atoms with Crippen LogP contribution in [0.2, 0.25) is 0 Å². The van der Waals surface area contributed by atoms with Gasteiger partial charge in [-0.25, -0.2) is 4.98 Å². The molecule has 0 saturated carbocycles. The van der Waals surface area contributed by atoms with E-state index in [0.717, 1.165) is 0 Å². The lowest BCUT2D eigenvalue weighted by Gasteiger charge is -2.10. The number of aromatic nitrogens is 2. The summed E-state index contributed by atoms with van der Waals surface area (Å²) in [5, 5.41) is 9.71. The van der Waals surface area contributed by atoms with Gasteiger partial charge in [-0.3, -0.25) is 4.98 Å². The molecular formula is C12H14N2O4. The number of aromatic hydroxyl groups is 1. The van der Waals surface area contributed by atoms with Crippen molar-refractivity contribution in [3.63, 3.8) is 0 Å². The average molecular weight is 250 g/mol. The van der Waals surface area contributed by atoms with Crippen molar-refractivity contribution in [2.45, 2.75) is 0 Å². The minimum Gasteiger partial charge on any atom is -0.506 e. The zero-order valence-corrected chi connectivity index (χ0v) is 10.2. The van der Waals surface area contributed by atoms with E-state index in [9.17, 15) is 5.11 Å². The smallest absolute Gasteiger partial charge is 0.257 e. The molecule has 0 atom stereocenters. The molecule has 2 rings (SSSR count). The maximum atomic E-state index is 9.71. The predicted molar refractivity (Wildman–Crippen MR) is 65.1 cm³/mol. The lowest BCUT2D eigenvalue weighted by Crippen LogP contribution is -2.06. The highest BCUT2D eigenvalue weighted by Gasteiger charge is 2.11. The van der Waals surface area contributed by atoms with E-state index in [1.165, 1.54) is 19.4 Å². The summed E-state index contributed by atoms with van der Waals surface area (Å²) in [4.78, 5) is 8.31. The SMILES string of the molecule is COCCOc1nc2c(O)ccnc2cc1OC. The van der Waals surface area contributed by atoms with Crippen molar-refractivity contribution in [2.75, 3.05) is 27.4 Å². The van der Waals surface area contributed by atoms with Gasteiger partial charge in [0.15, 0.2) is 5.75 Å². The number of rotatable bonds is 5. The Kier molecular flexibility index (Phi) is 3.78. The van der Waals surface area contributed by atoms with Crippen LogP contribution in [0, 0.1) is 0 Å². The minimum absolute atomic E-state index is 0.0549. The van der Waals surface area contributed by atoms with E-state index in [1.54, 1.807) is 13.2 Å². The van der Waals surface area contributed by atoms with Gasteiger partial charge in [0.1, 0.15) is 17.9 Å². The Morgan fingerprint density at radius 1 is 1.28 bits per heavy atom. The largest absolute Gasteiger partial charge is 0.506 e. The molecule has 0 fully saturated rings. The molecule has 0 unspecified atom stereocenters. The first-order valence-electron chi connectivity index (χ1n) is 5.40. The number of nitrogens with zero attached hydrogens (tertiary/aromatic N) is 2. The lowest BCUT2D eigenvalue weighted by atomic mass is 10.3. The number of methoxy groups -OCH3 is 2. The van der Waals surface area contributed by atoms with Gasteiger partial charge >= 0.3 is 0 Å². The highest BCUT2D eigenvalue weighted by molar-refractivity contribution is 5.82. The van der Waals surface area contributed by atoms with Crippen molar-refractivity contribution in [3.05, 3.63) is 18.3 Å². The second kappa shape index (κ2) is 5.50. The summed E-state index contributed by atoms with van der Waals surface area (Å²) in [6, 6.07) is 3.14. The van der Waals surface area contributed by atoms with Gasteiger partial charge in [-0.2, -0.15) is 0 Å². The molecule has 0 aliphatic carbocycles. The molecule has 1 N–H and O–H groups in total. The molecule has 0 aliphatic heterocycles. The number of ether oxygens (including phenoxy) is 3. The zero-order valence-electron chi connectivity index (χ0n) is 10.2.